The number of ether oxygens (including phenoxy) is 1. The number of imidazole rings is 1. The van der Waals surface area contributed by atoms with Crippen molar-refractivity contribution in [2.75, 3.05) is 7.11 Å². The molecule has 0 saturated heterocycles. The summed E-state index contributed by atoms with van der Waals surface area (Å²) in [4.78, 5) is 19.2. The lowest BCUT2D eigenvalue weighted by atomic mass is 9.97. The third-order valence-corrected chi connectivity index (χ3v) is 3.78. The minimum Gasteiger partial charge on any atom is -0.465 e. The Morgan fingerprint density at radius 1 is 1.24 bits per heavy atom. The van der Waals surface area contributed by atoms with Gasteiger partial charge in [-0.15, -0.1) is 0 Å². The highest BCUT2D eigenvalue weighted by Gasteiger charge is 2.13. The van der Waals surface area contributed by atoms with Crippen LogP contribution in [0.3, 0.4) is 0 Å². The maximum atomic E-state index is 13.2. The van der Waals surface area contributed by atoms with Gasteiger partial charge in [0, 0.05) is 18.8 Å². The number of hydrogen-bond acceptors (Lipinski definition) is 3. The molecule has 0 atom stereocenters. The topological polar surface area (TPSA) is 55.0 Å². The quantitative estimate of drug-likeness (QED) is 0.708. The van der Waals surface area contributed by atoms with Crippen molar-refractivity contribution in [3.8, 4) is 11.1 Å². The number of hydrogen-bond donors (Lipinski definition) is 1. The van der Waals surface area contributed by atoms with Crippen LogP contribution in [0.2, 0.25) is 0 Å². The Labute approximate surface area is 145 Å². The van der Waals surface area contributed by atoms with Crippen LogP contribution in [-0.4, -0.2) is 23.0 Å². The second-order valence-corrected chi connectivity index (χ2v) is 5.45. The number of carbonyl (C=O) groups excluding carboxylic acids is 1. The highest BCUT2D eigenvalue weighted by Crippen LogP contribution is 2.26. The molecule has 2 aromatic carbocycles. The van der Waals surface area contributed by atoms with Crippen molar-refractivity contribution in [3.63, 3.8) is 0 Å². The number of rotatable bonds is 5. The number of methoxy groups -OCH3 is 1. The summed E-state index contributed by atoms with van der Waals surface area (Å²) < 4.78 is 18.0. The van der Waals surface area contributed by atoms with Gasteiger partial charge in [0.25, 0.3) is 0 Å². The molecule has 0 amide bonds. The second kappa shape index (κ2) is 7.57. The average Bonchev–Trinajstić information content (AvgIpc) is 3.15. The molecule has 1 heterocycles. The number of esters is 1. The van der Waals surface area contributed by atoms with Crippen LogP contribution in [0.15, 0.2) is 60.9 Å². The SMILES string of the molecule is COC(=O)c1ccc(C=CCc2ncc[nH]2)cc1-c1ccc(F)cc1. The molecule has 0 radical (unpaired) electrons. The minimum absolute atomic E-state index is 0.321. The van der Waals surface area contributed by atoms with Crippen LogP contribution in [0.1, 0.15) is 21.7 Å². The summed E-state index contributed by atoms with van der Waals surface area (Å²) in [6.07, 6.45) is 8.11. The van der Waals surface area contributed by atoms with Gasteiger partial charge in [-0.2, -0.15) is 0 Å². The monoisotopic (exact) mass is 336 g/mol. The summed E-state index contributed by atoms with van der Waals surface area (Å²) in [5, 5.41) is 0. The van der Waals surface area contributed by atoms with Gasteiger partial charge in [0.2, 0.25) is 0 Å². The van der Waals surface area contributed by atoms with E-state index in [1.807, 2.05) is 24.3 Å². The van der Waals surface area contributed by atoms with E-state index in [0.29, 0.717) is 17.5 Å². The first-order valence-electron chi connectivity index (χ1n) is 7.80. The largest absolute Gasteiger partial charge is 0.465 e. The lowest BCUT2D eigenvalue weighted by Crippen LogP contribution is -2.03. The van der Waals surface area contributed by atoms with E-state index >= 15 is 0 Å². The van der Waals surface area contributed by atoms with Gasteiger partial charge in [-0.3, -0.25) is 0 Å². The van der Waals surface area contributed by atoms with E-state index in [1.54, 1.807) is 30.6 Å². The molecule has 3 rings (SSSR count). The molecule has 1 N–H and O–H groups in total. The fraction of sp³-hybridized carbons (Fsp3) is 0.100. The van der Waals surface area contributed by atoms with Crippen molar-refractivity contribution in [1.82, 2.24) is 9.97 Å². The summed E-state index contributed by atoms with van der Waals surface area (Å²) in [5.41, 5.74) is 2.82. The molecular formula is C20H17FN2O2. The number of halogens is 1. The third kappa shape index (κ3) is 4.01. The van der Waals surface area contributed by atoms with Gasteiger partial charge in [-0.1, -0.05) is 30.4 Å². The second-order valence-electron chi connectivity index (χ2n) is 5.45. The first-order valence-corrected chi connectivity index (χ1v) is 7.80. The number of H-pyrrole nitrogens is 1. The predicted octanol–water partition coefficient (Wildman–Crippen LogP) is 4.26. The van der Waals surface area contributed by atoms with E-state index in [4.69, 9.17) is 4.74 Å². The van der Waals surface area contributed by atoms with E-state index in [9.17, 15) is 9.18 Å². The van der Waals surface area contributed by atoms with Crippen LogP contribution in [0.5, 0.6) is 0 Å². The maximum absolute atomic E-state index is 13.2. The van der Waals surface area contributed by atoms with Gasteiger partial charge in [0.05, 0.1) is 12.7 Å². The van der Waals surface area contributed by atoms with Gasteiger partial charge in [0.1, 0.15) is 11.6 Å². The van der Waals surface area contributed by atoms with Gasteiger partial charge >= 0.3 is 5.97 Å². The smallest absolute Gasteiger partial charge is 0.338 e. The average molecular weight is 336 g/mol. The van der Waals surface area contributed by atoms with Gasteiger partial charge in [0.15, 0.2) is 0 Å². The van der Waals surface area contributed by atoms with Crippen molar-refractivity contribution in [1.29, 1.82) is 0 Å². The number of nitrogens with zero attached hydrogens (tertiary/aromatic N) is 1. The fourth-order valence-corrected chi connectivity index (χ4v) is 2.54. The molecule has 126 valence electrons. The Bertz CT molecular complexity index is 885. The fourth-order valence-electron chi connectivity index (χ4n) is 2.54. The normalized spacial score (nSPS) is 11.0. The van der Waals surface area contributed by atoms with Gasteiger partial charge < -0.3 is 9.72 Å². The minimum atomic E-state index is -0.426. The van der Waals surface area contributed by atoms with E-state index in [1.165, 1.54) is 19.2 Å². The lowest BCUT2D eigenvalue weighted by molar-refractivity contribution is 0.0601. The Kier molecular flexibility index (Phi) is 5.04. The maximum Gasteiger partial charge on any atom is 0.338 e. The van der Waals surface area contributed by atoms with Crippen LogP contribution in [0.25, 0.3) is 17.2 Å². The van der Waals surface area contributed by atoms with Crippen molar-refractivity contribution >= 4 is 12.0 Å². The summed E-state index contributed by atoms with van der Waals surface area (Å²) in [6.45, 7) is 0. The van der Waals surface area contributed by atoms with Crippen molar-refractivity contribution in [3.05, 3.63) is 83.7 Å². The van der Waals surface area contributed by atoms with Crippen molar-refractivity contribution in [2.24, 2.45) is 0 Å². The van der Waals surface area contributed by atoms with Gasteiger partial charge in [-0.05, 0) is 41.0 Å². The molecule has 1 aromatic heterocycles. The van der Waals surface area contributed by atoms with Crippen LogP contribution in [0, 0.1) is 5.82 Å². The zero-order chi connectivity index (χ0) is 17.6. The van der Waals surface area contributed by atoms with Crippen LogP contribution >= 0.6 is 0 Å². The summed E-state index contributed by atoms with van der Waals surface area (Å²) >= 11 is 0. The number of carbonyl (C=O) groups is 1. The predicted molar refractivity (Wildman–Crippen MR) is 94.5 cm³/mol. The first-order chi connectivity index (χ1) is 12.2. The highest BCUT2D eigenvalue weighted by molar-refractivity contribution is 5.97. The molecule has 0 bridgehead atoms. The molecule has 4 nitrogen and oxygen atoms in total. The lowest BCUT2D eigenvalue weighted by Gasteiger charge is -2.09. The standard InChI is InChI=1S/C20H17FN2O2/c1-25-20(24)17-10-5-14(3-2-4-19-22-11-12-23-19)13-18(17)15-6-8-16(21)9-7-15/h2-3,5-13H,4H2,1H3,(H,22,23). The van der Waals surface area contributed by atoms with Crippen LogP contribution < -0.4 is 0 Å². The highest BCUT2D eigenvalue weighted by atomic mass is 19.1. The zero-order valence-electron chi connectivity index (χ0n) is 13.7. The van der Waals surface area contributed by atoms with Crippen molar-refractivity contribution in [2.45, 2.75) is 6.42 Å². The van der Waals surface area contributed by atoms with E-state index in [-0.39, 0.29) is 5.82 Å². The Hall–Kier alpha value is -3.21. The molecule has 25 heavy (non-hydrogen) atoms. The van der Waals surface area contributed by atoms with E-state index < -0.39 is 5.97 Å². The van der Waals surface area contributed by atoms with E-state index in [2.05, 4.69) is 9.97 Å². The van der Waals surface area contributed by atoms with Crippen LogP contribution in [0.4, 0.5) is 4.39 Å². The molecule has 0 unspecified atom stereocenters. The number of aromatic nitrogens is 2. The summed E-state index contributed by atoms with van der Waals surface area (Å²) in [6, 6.07) is 11.5. The van der Waals surface area contributed by atoms with Crippen LogP contribution in [-0.2, 0) is 11.2 Å². The molecule has 3 aromatic rings. The molecule has 5 heteroatoms. The molecular weight excluding hydrogens is 319 g/mol. The van der Waals surface area contributed by atoms with Gasteiger partial charge in [-0.25, -0.2) is 14.2 Å². The Morgan fingerprint density at radius 2 is 2.04 bits per heavy atom. The summed E-state index contributed by atoms with van der Waals surface area (Å²) in [7, 11) is 1.34. The number of aromatic amines is 1. The molecule has 0 spiro atoms. The Morgan fingerprint density at radius 3 is 2.72 bits per heavy atom. The number of benzene rings is 2. The molecule has 0 aliphatic heterocycles. The Balaban J connectivity index is 1.93. The zero-order valence-corrected chi connectivity index (χ0v) is 13.7. The molecule has 0 saturated carbocycles. The number of allylic oxidation sites excluding steroid dienone is 1. The summed E-state index contributed by atoms with van der Waals surface area (Å²) in [5.74, 6) is 0.129. The molecule has 0 aliphatic carbocycles. The first kappa shape index (κ1) is 16.6. The molecule has 0 fully saturated rings. The third-order valence-electron chi connectivity index (χ3n) is 3.78. The van der Waals surface area contributed by atoms with Crippen molar-refractivity contribution < 1.29 is 13.9 Å². The number of nitrogens with one attached hydrogen (secondary N) is 1. The van der Waals surface area contributed by atoms with E-state index in [0.717, 1.165) is 17.0 Å². The molecule has 0 aliphatic rings.